The second kappa shape index (κ2) is 5.54. The average molecular weight is 281 g/mol. The molecular weight excluding hydrogens is 265 g/mol. The number of piperidine rings is 1. The highest BCUT2D eigenvalue weighted by molar-refractivity contribution is 5.95. The van der Waals surface area contributed by atoms with Gasteiger partial charge in [0.25, 0.3) is 11.6 Å². The van der Waals surface area contributed by atoms with E-state index in [2.05, 4.69) is 0 Å². The van der Waals surface area contributed by atoms with E-state index in [1.54, 1.807) is 4.90 Å². The van der Waals surface area contributed by atoms with Crippen LogP contribution in [0.4, 0.5) is 10.1 Å². The summed E-state index contributed by atoms with van der Waals surface area (Å²) in [5.74, 6) is -1.32. The predicted molar refractivity (Wildman–Crippen MR) is 70.8 cm³/mol. The molecule has 1 aromatic carbocycles. The van der Waals surface area contributed by atoms with Gasteiger partial charge in [-0.05, 0) is 25.8 Å². The van der Waals surface area contributed by atoms with Crippen molar-refractivity contribution in [1.82, 2.24) is 4.90 Å². The van der Waals surface area contributed by atoms with E-state index in [-0.39, 0.29) is 23.3 Å². The first kappa shape index (κ1) is 14.4. The number of carbonyl (C=O) groups excluding carboxylic acids is 1. The lowest BCUT2D eigenvalue weighted by molar-refractivity contribution is -0.385. The topological polar surface area (TPSA) is 89.5 Å². The fraction of sp³-hybridized carbons (Fsp3) is 0.462. The van der Waals surface area contributed by atoms with Crippen LogP contribution in [0.3, 0.4) is 0 Å². The van der Waals surface area contributed by atoms with Gasteiger partial charge in [0.2, 0.25) is 0 Å². The third-order valence-electron chi connectivity index (χ3n) is 3.57. The molecule has 0 aromatic heterocycles. The van der Waals surface area contributed by atoms with Crippen LogP contribution >= 0.6 is 0 Å². The van der Waals surface area contributed by atoms with Crippen LogP contribution in [0.25, 0.3) is 0 Å². The molecule has 108 valence electrons. The molecule has 1 aliphatic heterocycles. The summed E-state index contributed by atoms with van der Waals surface area (Å²) in [6, 6.07) is 3.05. The smallest absolute Gasteiger partial charge is 0.272 e. The number of nitrogens with zero attached hydrogens (tertiary/aromatic N) is 2. The Morgan fingerprint density at radius 3 is 2.80 bits per heavy atom. The van der Waals surface area contributed by atoms with Crippen molar-refractivity contribution in [1.29, 1.82) is 0 Å². The molecule has 1 aliphatic rings. The SMILES string of the molecule is CC1CC(N)CCN1C(=O)c1ccc([N+](=O)[O-])cc1F. The van der Waals surface area contributed by atoms with E-state index in [4.69, 9.17) is 5.73 Å². The van der Waals surface area contributed by atoms with Crippen molar-refractivity contribution in [2.24, 2.45) is 5.73 Å². The second-order valence-corrected chi connectivity index (χ2v) is 5.05. The van der Waals surface area contributed by atoms with Crippen LogP contribution < -0.4 is 5.73 Å². The monoisotopic (exact) mass is 281 g/mol. The zero-order chi connectivity index (χ0) is 14.9. The van der Waals surface area contributed by atoms with Crippen LogP contribution in [-0.2, 0) is 0 Å². The predicted octanol–water partition coefficient (Wildman–Crippen LogP) is 1.69. The summed E-state index contributed by atoms with van der Waals surface area (Å²) in [5, 5.41) is 10.6. The van der Waals surface area contributed by atoms with Gasteiger partial charge in [0, 0.05) is 24.7 Å². The number of hydrogen-bond donors (Lipinski definition) is 1. The van der Waals surface area contributed by atoms with Crippen molar-refractivity contribution in [3.8, 4) is 0 Å². The fourth-order valence-corrected chi connectivity index (χ4v) is 2.46. The molecule has 0 bridgehead atoms. The van der Waals surface area contributed by atoms with E-state index < -0.39 is 16.6 Å². The van der Waals surface area contributed by atoms with Gasteiger partial charge < -0.3 is 10.6 Å². The van der Waals surface area contributed by atoms with Gasteiger partial charge in [0.15, 0.2) is 0 Å². The number of amides is 1. The summed E-state index contributed by atoms with van der Waals surface area (Å²) < 4.78 is 13.8. The molecule has 1 aromatic rings. The minimum atomic E-state index is -0.869. The molecule has 0 spiro atoms. The molecule has 20 heavy (non-hydrogen) atoms. The Balaban J connectivity index is 2.23. The molecule has 2 N–H and O–H groups in total. The first-order chi connectivity index (χ1) is 9.40. The molecule has 1 heterocycles. The zero-order valence-electron chi connectivity index (χ0n) is 11.1. The van der Waals surface area contributed by atoms with Gasteiger partial charge in [-0.3, -0.25) is 14.9 Å². The van der Waals surface area contributed by atoms with Gasteiger partial charge in [0.1, 0.15) is 5.82 Å². The molecule has 2 rings (SSSR count). The Bertz CT molecular complexity index is 550. The van der Waals surface area contributed by atoms with Gasteiger partial charge >= 0.3 is 0 Å². The summed E-state index contributed by atoms with van der Waals surface area (Å²) in [4.78, 5) is 23.7. The zero-order valence-corrected chi connectivity index (χ0v) is 11.1. The lowest BCUT2D eigenvalue weighted by atomic mass is 9.98. The summed E-state index contributed by atoms with van der Waals surface area (Å²) in [5.41, 5.74) is 5.31. The molecule has 1 amide bonds. The normalized spacial score (nSPS) is 22.6. The third-order valence-corrected chi connectivity index (χ3v) is 3.57. The van der Waals surface area contributed by atoms with Crippen molar-refractivity contribution < 1.29 is 14.1 Å². The van der Waals surface area contributed by atoms with Gasteiger partial charge in [0.05, 0.1) is 16.6 Å². The van der Waals surface area contributed by atoms with E-state index in [0.717, 1.165) is 18.2 Å². The van der Waals surface area contributed by atoms with Crippen molar-refractivity contribution >= 4 is 11.6 Å². The number of benzene rings is 1. The number of nitrogens with two attached hydrogens (primary N) is 1. The molecule has 7 heteroatoms. The summed E-state index contributed by atoms with van der Waals surface area (Å²) in [7, 11) is 0. The van der Waals surface area contributed by atoms with Crippen LogP contribution in [-0.4, -0.2) is 34.4 Å². The fourth-order valence-electron chi connectivity index (χ4n) is 2.46. The number of rotatable bonds is 2. The Hall–Kier alpha value is -2.02. The standard InChI is InChI=1S/C13H16FN3O3/c1-8-6-9(15)4-5-16(8)13(18)11-3-2-10(17(19)20)7-12(11)14/h2-3,7-9H,4-6,15H2,1H3. The Morgan fingerprint density at radius 1 is 1.55 bits per heavy atom. The van der Waals surface area contributed by atoms with Crippen LogP contribution in [0.5, 0.6) is 0 Å². The maximum Gasteiger partial charge on any atom is 0.272 e. The highest BCUT2D eigenvalue weighted by Gasteiger charge is 2.29. The number of halogens is 1. The molecule has 1 saturated heterocycles. The third kappa shape index (κ3) is 2.77. The highest BCUT2D eigenvalue weighted by Crippen LogP contribution is 2.22. The maximum atomic E-state index is 13.8. The lowest BCUT2D eigenvalue weighted by Crippen LogP contribution is -2.48. The Labute approximate surface area is 115 Å². The molecule has 2 atom stereocenters. The second-order valence-electron chi connectivity index (χ2n) is 5.05. The number of hydrogen-bond acceptors (Lipinski definition) is 4. The van der Waals surface area contributed by atoms with Crippen LogP contribution in [0.1, 0.15) is 30.1 Å². The van der Waals surface area contributed by atoms with E-state index in [9.17, 15) is 19.3 Å². The van der Waals surface area contributed by atoms with Crippen LogP contribution in [0, 0.1) is 15.9 Å². The first-order valence-electron chi connectivity index (χ1n) is 6.40. The summed E-state index contributed by atoms with van der Waals surface area (Å²) in [6.45, 7) is 2.33. The number of likely N-dealkylation sites (tertiary alicyclic amines) is 1. The number of non-ortho nitro benzene ring substituents is 1. The largest absolute Gasteiger partial charge is 0.336 e. The molecule has 0 radical (unpaired) electrons. The molecule has 6 nitrogen and oxygen atoms in total. The van der Waals surface area contributed by atoms with Crippen molar-refractivity contribution in [2.45, 2.75) is 31.8 Å². The summed E-state index contributed by atoms with van der Waals surface area (Å²) in [6.07, 6.45) is 1.34. The Morgan fingerprint density at radius 2 is 2.25 bits per heavy atom. The van der Waals surface area contributed by atoms with E-state index in [1.165, 1.54) is 0 Å². The van der Waals surface area contributed by atoms with Crippen LogP contribution in [0.2, 0.25) is 0 Å². The van der Waals surface area contributed by atoms with Gasteiger partial charge in [-0.2, -0.15) is 0 Å². The van der Waals surface area contributed by atoms with Gasteiger partial charge in [-0.25, -0.2) is 4.39 Å². The van der Waals surface area contributed by atoms with Crippen molar-refractivity contribution in [2.75, 3.05) is 6.54 Å². The number of carbonyl (C=O) groups is 1. The molecular formula is C13H16FN3O3. The lowest BCUT2D eigenvalue weighted by Gasteiger charge is -2.36. The Kier molecular flexibility index (Phi) is 3.99. The highest BCUT2D eigenvalue weighted by atomic mass is 19.1. The van der Waals surface area contributed by atoms with Gasteiger partial charge in [-0.1, -0.05) is 0 Å². The molecule has 0 aliphatic carbocycles. The molecule has 0 saturated carbocycles. The number of nitro groups is 1. The maximum absolute atomic E-state index is 13.8. The van der Waals surface area contributed by atoms with Crippen molar-refractivity contribution in [3.05, 3.63) is 39.7 Å². The average Bonchev–Trinajstić information content (AvgIpc) is 2.37. The van der Waals surface area contributed by atoms with E-state index >= 15 is 0 Å². The van der Waals surface area contributed by atoms with Crippen LogP contribution in [0.15, 0.2) is 18.2 Å². The first-order valence-corrected chi connectivity index (χ1v) is 6.40. The summed E-state index contributed by atoms with van der Waals surface area (Å²) >= 11 is 0. The quantitative estimate of drug-likeness (QED) is 0.659. The van der Waals surface area contributed by atoms with E-state index in [1.807, 2.05) is 6.92 Å². The van der Waals surface area contributed by atoms with Crippen molar-refractivity contribution in [3.63, 3.8) is 0 Å². The minimum Gasteiger partial charge on any atom is -0.336 e. The molecule has 1 fully saturated rings. The molecule has 2 unspecified atom stereocenters. The number of nitro benzene ring substituents is 1. The van der Waals surface area contributed by atoms with Gasteiger partial charge in [-0.15, -0.1) is 0 Å². The van der Waals surface area contributed by atoms with E-state index in [0.29, 0.717) is 19.4 Å². The minimum absolute atomic E-state index is 0.0516.